The maximum atomic E-state index is 12.7. The Kier molecular flexibility index (Phi) is 12.1. The first-order valence-electron chi connectivity index (χ1n) is 12.5. The minimum Gasteiger partial charge on any atom is -0.447 e. The van der Waals surface area contributed by atoms with Crippen LogP contribution in [0.1, 0.15) is 46.5 Å². The highest BCUT2D eigenvalue weighted by atomic mass is 28.2. The van der Waals surface area contributed by atoms with Crippen molar-refractivity contribution in [3.8, 4) is 0 Å². The van der Waals surface area contributed by atoms with Gasteiger partial charge in [0.05, 0.1) is 33.0 Å². The SMILES string of the molecule is C[Si]CCCN(C)C(=O)NC1CC(C)(C)CC(C)(CNC(=O)OCCOCCOCC2CO2)C1. The Balaban J connectivity index is 1.66. The van der Waals surface area contributed by atoms with Crippen molar-refractivity contribution in [2.75, 3.05) is 59.8 Å². The third kappa shape index (κ3) is 11.9. The maximum absolute atomic E-state index is 12.7. The highest BCUT2D eigenvalue weighted by Gasteiger charge is 2.42. The van der Waals surface area contributed by atoms with Crippen LogP contribution < -0.4 is 10.6 Å². The molecule has 2 radical (unpaired) electrons. The summed E-state index contributed by atoms with van der Waals surface area (Å²) in [6.07, 6.45) is 3.57. The van der Waals surface area contributed by atoms with Gasteiger partial charge in [0.25, 0.3) is 0 Å². The van der Waals surface area contributed by atoms with Crippen LogP contribution >= 0.6 is 0 Å². The average Bonchev–Trinajstić information content (AvgIpc) is 3.57. The predicted octanol–water partition coefficient (Wildman–Crippen LogP) is 2.93. The molecule has 1 saturated heterocycles. The third-order valence-corrected chi connectivity index (χ3v) is 7.09. The van der Waals surface area contributed by atoms with E-state index in [1.54, 1.807) is 4.90 Å². The highest BCUT2D eigenvalue weighted by Crippen LogP contribution is 2.45. The Morgan fingerprint density at radius 1 is 1.12 bits per heavy atom. The van der Waals surface area contributed by atoms with E-state index in [9.17, 15) is 9.59 Å². The van der Waals surface area contributed by atoms with Crippen LogP contribution in [0.2, 0.25) is 12.6 Å². The maximum Gasteiger partial charge on any atom is 0.407 e. The van der Waals surface area contributed by atoms with Gasteiger partial charge in [-0.25, -0.2) is 9.59 Å². The van der Waals surface area contributed by atoms with Crippen LogP contribution in [-0.4, -0.2) is 98.5 Å². The molecule has 2 rings (SSSR count). The number of nitrogens with zero attached hydrogens (tertiary/aromatic N) is 1. The number of hydrogen-bond acceptors (Lipinski definition) is 6. The first-order valence-corrected chi connectivity index (χ1v) is 14.2. The van der Waals surface area contributed by atoms with Crippen LogP contribution in [0, 0.1) is 10.8 Å². The highest BCUT2D eigenvalue weighted by molar-refractivity contribution is 6.33. The summed E-state index contributed by atoms with van der Waals surface area (Å²) in [5, 5.41) is 6.14. The molecule has 3 unspecified atom stereocenters. The molecular formula is C24H45N3O6Si. The summed E-state index contributed by atoms with van der Waals surface area (Å²) in [7, 11) is 2.78. The molecule has 0 aromatic rings. The van der Waals surface area contributed by atoms with Crippen molar-refractivity contribution >= 4 is 21.6 Å². The quantitative estimate of drug-likeness (QED) is 0.204. The van der Waals surface area contributed by atoms with Gasteiger partial charge in [0.2, 0.25) is 0 Å². The van der Waals surface area contributed by atoms with E-state index >= 15 is 0 Å². The number of carbonyl (C=O) groups is 2. The molecule has 0 bridgehead atoms. The number of alkyl carbamates (subject to hydrolysis) is 1. The molecule has 0 aromatic heterocycles. The van der Waals surface area contributed by atoms with E-state index in [-0.39, 0.29) is 35.6 Å². The second-order valence-electron chi connectivity index (χ2n) is 10.7. The van der Waals surface area contributed by atoms with Gasteiger partial charge < -0.3 is 34.5 Å². The van der Waals surface area contributed by atoms with E-state index in [0.29, 0.717) is 33.0 Å². The zero-order valence-corrected chi connectivity index (χ0v) is 22.7. The van der Waals surface area contributed by atoms with Crippen LogP contribution in [0.5, 0.6) is 0 Å². The molecule has 0 spiro atoms. The van der Waals surface area contributed by atoms with Gasteiger partial charge in [-0.05, 0) is 36.5 Å². The number of hydrogen-bond donors (Lipinski definition) is 2. The number of epoxide rings is 1. The molecule has 2 aliphatic rings. The first kappa shape index (κ1) is 28.9. The summed E-state index contributed by atoms with van der Waals surface area (Å²) < 4.78 is 21.1. The molecule has 1 heterocycles. The second kappa shape index (κ2) is 14.3. The number of amides is 3. The lowest BCUT2D eigenvalue weighted by atomic mass is 9.62. The van der Waals surface area contributed by atoms with Crippen LogP contribution in [0.4, 0.5) is 9.59 Å². The van der Waals surface area contributed by atoms with E-state index in [1.807, 2.05) is 7.05 Å². The van der Waals surface area contributed by atoms with Gasteiger partial charge >= 0.3 is 12.1 Å². The lowest BCUT2D eigenvalue weighted by molar-refractivity contribution is 0.0230. The number of ether oxygens (including phenoxy) is 4. The number of urea groups is 1. The van der Waals surface area contributed by atoms with Crippen LogP contribution in [0.25, 0.3) is 0 Å². The van der Waals surface area contributed by atoms with Crippen molar-refractivity contribution in [3.63, 3.8) is 0 Å². The average molecular weight is 500 g/mol. The Labute approximate surface area is 207 Å². The smallest absolute Gasteiger partial charge is 0.407 e. The molecule has 9 nitrogen and oxygen atoms in total. The van der Waals surface area contributed by atoms with E-state index < -0.39 is 6.09 Å². The summed E-state index contributed by atoms with van der Waals surface area (Å²) in [5.74, 6) is 0. The number of nitrogens with one attached hydrogen (secondary N) is 2. The standard InChI is InChI=1S/C24H45N3O6Si/c1-23(2)13-19(26-21(28)27(4)7-6-12-34-5)14-24(3,17-23)18-25-22(29)32-11-10-30-8-9-31-15-20-16-33-20/h19-20H,6-18H2,1-5H3,(H,25,29)(H,26,28). The molecule has 10 heteroatoms. The summed E-state index contributed by atoms with van der Waals surface area (Å²) in [6.45, 7) is 13.0. The largest absolute Gasteiger partial charge is 0.447 e. The normalized spacial score (nSPS) is 25.4. The first-order chi connectivity index (χ1) is 16.1. The second-order valence-corrected chi connectivity index (χ2v) is 11.9. The van der Waals surface area contributed by atoms with Gasteiger partial charge in [-0.15, -0.1) is 0 Å². The molecule has 1 aliphatic heterocycles. The van der Waals surface area contributed by atoms with Crippen molar-refractivity contribution in [1.82, 2.24) is 15.5 Å². The van der Waals surface area contributed by atoms with Crippen molar-refractivity contribution < 1.29 is 28.5 Å². The Morgan fingerprint density at radius 2 is 1.82 bits per heavy atom. The molecule has 0 aromatic carbocycles. The monoisotopic (exact) mass is 499 g/mol. The van der Waals surface area contributed by atoms with Crippen molar-refractivity contribution in [2.45, 2.75) is 71.2 Å². The van der Waals surface area contributed by atoms with Crippen molar-refractivity contribution in [2.24, 2.45) is 10.8 Å². The lowest BCUT2D eigenvalue weighted by Gasteiger charge is -2.47. The minimum absolute atomic E-state index is 0.0110. The topological polar surface area (TPSA) is 102 Å². The molecular weight excluding hydrogens is 454 g/mol. The number of rotatable bonds is 15. The third-order valence-electron chi connectivity index (χ3n) is 6.24. The fraction of sp³-hybridized carbons (Fsp3) is 0.917. The van der Waals surface area contributed by atoms with Gasteiger partial charge in [0.15, 0.2) is 0 Å². The molecule has 2 fully saturated rings. The zero-order chi connectivity index (χ0) is 25.0. The van der Waals surface area contributed by atoms with Crippen LogP contribution in [0.3, 0.4) is 0 Å². The summed E-state index contributed by atoms with van der Waals surface area (Å²) in [6, 6.07) is 1.23. The molecule has 2 N–H and O–H groups in total. The molecule has 1 aliphatic carbocycles. The fourth-order valence-electron chi connectivity index (χ4n) is 4.88. The Morgan fingerprint density at radius 3 is 2.53 bits per heavy atom. The van der Waals surface area contributed by atoms with Crippen molar-refractivity contribution in [3.05, 3.63) is 0 Å². The molecule has 196 valence electrons. The molecule has 1 saturated carbocycles. The summed E-state index contributed by atoms with van der Waals surface area (Å²) in [5.41, 5.74) is -0.0558. The van der Waals surface area contributed by atoms with Gasteiger partial charge in [-0.1, -0.05) is 33.4 Å². The van der Waals surface area contributed by atoms with E-state index in [2.05, 4.69) is 38.0 Å². The lowest BCUT2D eigenvalue weighted by Crippen LogP contribution is -2.52. The van der Waals surface area contributed by atoms with E-state index in [0.717, 1.165) is 54.4 Å². The van der Waals surface area contributed by atoms with Gasteiger partial charge in [0.1, 0.15) is 12.7 Å². The predicted molar refractivity (Wildman–Crippen MR) is 132 cm³/mol. The van der Waals surface area contributed by atoms with Crippen LogP contribution in [0.15, 0.2) is 0 Å². The zero-order valence-electron chi connectivity index (χ0n) is 21.7. The van der Waals surface area contributed by atoms with Crippen molar-refractivity contribution in [1.29, 1.82) is 0 Å². The van der Waals surface area contributed by atoms with Gasteiger partial charge in [0, 0.05) is 35.7 Å². The summed E-state index contributed by atoms with van der Waals surface area (Å²) >= 11 is 0. The number of carbonyl (C=O) groups excluding carboxylic acids is 2. The van der Waals surface area contributed by atoms with Gasteiger partial charge in [-0.3, -0.25) is 0 Å². The Bertz CT molecular complexity index is 634. The minimum atomic E-state index is -0.438. The molecule has 3 amide bonds. The van der Waals surface area contributed by atoms with Crippen LogP contribution in [-0.2, 0) is 18.9 Å². The molecule has 3 atom stereocenters. The fourth-order valence-corrected chi connectivity index (χ4v) is 5.39. The van der Waals surface area contributed by atoms with E-state index in [4.69, 9.17) is 18.9 Å². The Hall–Kier alpha value is -1.36. The van der Waals surface area contributed by atoms with E-state index in [1.165, 1.54) is 0 Å². The molecule has 34 heavy (non-hydrogen) atoms. The van der Waals surface area contributed by atoms with Gasteiger partial charge in [-0.2, -0.15) is 0 Å². The summed E-state index contributed by atoms with van der Waals surface area (Å²) in [4.78, 5) is 26.6.